The number of benzene rings is 2. The molecule has 8 nitrogen and oxygen atoms in total. The second kappa shape index (κ2) is 12.8. The van der Waals surface area contributed by atoms with Crippen LogP contribution in [0.4, 0.5) is 21.5 Å². The Kier molecular flexibility index (Phi) is 8.75. The molecule has 6 rings (SSSR count). The Morgan fingerprint density at radius 3 is 2.57 bits per heavy atom. The topological polar surface area (TPSA) is 94.7 Å². The van der Waals surface area contributed by atoms with Crippen LogP contribution in [0.1, 0.15) is 56.2 Å². The largest absolute Gasteiger partial charge is 0.379 e. The van der Waals surface area contributed by atoms with E-state index in [9.17, 15) is 9.65 Å². The molecule has 0 spiro atoms. The number of halogens is 3. The zero-order chi connectivity index (χ0) is 29.1. The van der Waals surface area contributed by atoms with Gasteiger partial charge in [0.2, 0.25) is 0 Å². The van der Waals surface area contributed by atoms with Crippen molar-refractivity contribution >= 4 is 51.2 Å². The summed E-state index contributed by atoms with van der Waals surface area (Å²) in [5.74, 6) is 0.225. The lowest BCUT2D eigenvalue weighted by Crippen LogP contribution is -2.40. The first kappa shape index (κ1) is 28.7. The first-order chi connectivity index (χ1) is 20.5. The van der Waals surface area contributed by atoms with Gasteiger partial charge in [0.1, 0.15) is 17.6 Å². The summed E-state index contributed by atoms with van der Waals surface area (Å²) in [5, 5.41) is 26.1. The van der Waals surface area contributed by atoms with E-state index in [2.05, 4.69) is 36.9 Å². The van der Waals surface area contributed by atoms with E-state index in [1.165, 1.54) is 69.9 Å². The SMILES string of the molecule is N#Cc1cnc2c(Cl)cc(NCc3cn(CCC4CCN(C5CCCC5)CC4)nn3)cc2c1Nc1ccc(F)c(Cl)c1. The quantitative estimate of drug-likeness (QED) is 0.203. The maximum Gasteiger partial charge on any atom is 0.141 e. The van der Waals surface area contributed by atoms with E-state index in [4.69, 9.17) is 23.2 Å². The molecule has 2 N–H and O–H groups in total. The predicted octanol–water partition coefficient (Wildman–Crippen LogP) is 7.54. The van der Waals surface area contributed by atoms with Crippen LogP contribution in [0.5, 0.6) is 0 Å². The van der Waals surface area contributed by atoms with Gasteiger partial charge in [-0.3, -0.25) is 9.67 Å². The number of fused-ring (bicyclic) bond motifs is 1. The summed E-state index contributed by atoms with van der Waals surface area (Å²) in [6, 6.07) is 11.0. The Bertz CT molecular complexity index is 1600. The number of piperidine rings is 1. The van der Waals surface area contributed by atoms with Gasteiger partial charge >= 0.3 is 0 Å². The Morgan fingerprint density at radius 2 is 1.81 bits per heavy atom. The lowest BCUT2D eigenvalue weighted by Gasteiger charge is -2.36. The molecule has 42 heavy (non-hydrogen) atoms. The maximum absolute atomic E-state index is 13.7. The zero-order valence-corrected chi connectivity index (χ0v) is 24.8. The third-order valence-corrected chi connectivity index (χ3v) is 9.13. The van der Waals surface area contributed by atoms with E-state index in [-0.39, 0.29) is 5.02 Å². The third-order valence-electron chi connectivity index (χ3n) is 8.55. The molecule has 0 amide bonds. The van der Waals surface area contributed by atoms with Gasteiger partial charge in [0, 0.05) is 35.5 Å². The summed E-state index contributed by atoms with van der Waals surface area (Å²) in [6.45, 7) is 3.80. The molecule has 1 saturated heterocycles. The molecular formula is C31H33Cl2FN8. The van der Waals surface area contributed by atoms with E-state index in [0.29, 0.717) is 39.4 Å². The summed E-state index contributed by atoms with van der Waals surface area (Å²) in [6.07, 6.45) is 12.7. The van der Waals surface area contributed by atoms with Crippen LogP contribution in [0.2, 0.25) is 10.0 Å². The Hall–Kier alpha value is -3.45. The molecule has 2 fully saturated rings. The van der Waals surface area contributed by atoms with Crippen molar-refractivity contribution in [3.63, 3.8) is 0 Å². The minimum absolute atomic E-state index is 0.0185. The number of aromatic nitrogens is 4. The average Bonchev–Trinajstić information content (AvgIpc) is 3.70. The van der Waals surface area contributed by atoms with Crippen molar-refractivity contribution in [3.05, 3.63) is 69.8 Å². The van der Waals surface area contributed by atoms with Crippen LogP contribution < -0.4 is 10.6 Å². The van der Waals surface area contributed by atoms with Gasteiger partial charge in [0.15, 0.2) is 0 Å². The predicted molar refractivity (Wildman–Crippen MR) is 165 cm³/mol. The van der Waals surface area contributed by atoms with Crippen LogP contribution in [0, 0.1) is 23.1 Å². The number of nitriles is 1. The monoisotopic (exact) mass is 606 g/mol. The molecule has 2 aromatic carbocycles. The summed E-state index contributed by atoms with van der Waals surface area (Å²) in [7, 11) is 0. The molecule has 1 saturated carbocycles. The summed E-state index contributed by atoms with van der Waals surface area (Å²) >= 11 is 12.6. The number of aryl methyl sites for hydroxylation is 1. The summed E-state index contributed by atoms with van der Waals surface area (Å²) in [5.41, 5.74) is 3.48. The second-order valence-corrected chi connectivity index (χ2v) is 12.1. The van der Waals surface area contributed by atoms with Crippen molar-refractivity contribution in [1.82, 2.24) is 24.9 Å². The lowest BCUT2D eigenvalue weighted by atomic mass is 9.92. The number of hydrogen-bond donors (Lipinski definition) is 2. The molecule has 1 aliphatic heterocycles. The maximum atomic E-state index is 13.7. The van der Waals surface area contributed by atoms with Crippen molar-refractivity contribution < 1.29 is 4.39 Å². The lowest BCUT2D eigenvalue weighted by molar-refractivity contribution is 0.128. The Balaban J connectivity index is 1.10. The van der Waals surface area contributed by atoms with Gasteiger partial charge in [-0.15, -0.1) is 5.10 Å². The second-order valence-electron chi connectivity index (χ2n) is 11.3. The van der Waals surface area contributed by atoms with Crippen LogP contribution in [0.15, 0.2) is 42.7 Å². The van der Waals surface area contributed by atoms with Gasteiger partial charge in [0.25, 0.3) is 0 Å². The molecule has 4 aromatic rings. The van der Waals surface area contributed by atoms with Crippen LogP contribution >= 0.6 is 23.2 Å². The number of hydrogen-bond acceptors (Lipinski definition) is 7. The fourth-order valence-corrected chi connectivity index (χ4v) is 6.66. The average molecular weight is 608 g/mol. The number of rotatable bonds is 9. The fraction of sp³-hybridized carbons (Fsp3) is 0.419. The van der Waals surface area contributed by atoms with E-state index < -0.39 is 5.82 Å². The Labute approximate surface area is 254 Å². The molecule has 3 heterocycles. The van der Waals surface area contributed by atoms with Crippen molar-refractivity contribution in [2.45, 2.75) is 64.1 Å². The molecule has 0 radical (unpaired) electrons. The highest BCUT2D eigenvalue weighted by molar-refractivity contribution is 6.36. The normalized spacial score (nSPS) is 16.6. The minimum atomic E-state index is -0.520. The van der Waals surface area contributed by atoms with Crippen molar-refractivity contribution in [2.24, 2.45) is 5.92 Å². The third kappa shape index (κ3) is 6.46. The molecule has 2 aliphatic rings. The van der Waals surface area contributed by atoms with Crippen molar-refractivity contribution in [2.75, 3.05) is 23.7 Å². The van der Waals surface area contributed by atoms with Crippen LogP contribution in [0.3, 0.4) is 0 Å². The van der Waals surface area contributed by atoms with Crippen LogP contribution in [-0.2, 0) is 13.1 Å². The summed E-state index contributed by atoms with van der Waals surface area (Å²) in [4.78, 5) is 7.11. The van der Waals surface area contributed by atoms with Gasteiger partial charge in [-0.2, -0.15) is 5.26 Å². The van der Waals surface area contributed by atoms with Gasteiger partial charge < -0.3 is 15.5 Å². The van der Waals surface area contributed by atoms with Gasteiger partial charge in [-0.25, -0.2) is 4.39 Å². The zero-order valence-electron chi connectivity index (χ0n) is 23.3. The highest BCUT2D eigenvalue weighted by atomic mass is 35.5. The number of likely N-dealkylation sites (tertiary alicyclic amines) is 1. The molecule has 2 aromatic heterocycles. The van der Waals surface area contributed by atoms with Crippen LogP contribution in [0.25, 0.3) is 10.9 Å². The van der Waals surface area contributed by atoms with E-state index >= 15 is 0 Å². The smallest absolute Gasteiger partial charge is 0.141 e. The molecule has 0 atom stereocenters. The first-order valence-electron chi connectivity index (χ1n) is 14.6. The number of pyridine rings is 1. The van der Waals surface area contributed by atoms with Crippen molar-refractivity contribution in [3.8, 4) is 6.07 Å². The molecule has 0 unspecified atom stereocenters. The number of nitrogens with one attached hydrogen (secondary N) is 2. The van der Waals surface area contributed by atoms with E-state index in [1.807, 2.05) is 16.9 Å². The van der Waals surface area contributed by atoms with Crippen LogP contribution in [-0.4, -0.2) is 44.0 Å². The molecule has 218 valence electrons. The molecule has 11 heteroatoms. The van der Waals surface area contributed by atoms with Gasteiger partial charge in [-0.1, -0.05) is 41.3 Å². The fourth-order valence-electron chi connectivity index (χ4n) is 6.21. The first-order valence-corrected chi connectivity index (χ1v) is 15.3. The van der Waals surface area contributed by atoms with Gasteiger partial charge in [-0.05, 0) is 81.4 Å². The summed E-state index contributed by atoms with van der Waals surface area (Å²) < 4.78 is 15.6. The highest BCUT2D eigenvalue weighted by Gasteiger charge is 2.27. The Morgan fingerprint density at radius 1 is 1.02 bits per heavy atom. The van der Waals surface area contributed by atoms with E-state index in [1.54, 1.807) is 12.1 Å². The number of anilines is 3. The highest BCUT2D eigenvalue weighted by Crippen LogP contribution is 2.36. The van der Waals surface area contributed by atoms with E-state index in [0.717, 1.165) is 36.3 Å². The standard InChI is InChI=1S/C31H33Cl2FN8/c32-27-14-22(5-6-29(27)34)38-30-21(16-35)17-37-31-26(30)13-23(15-28(31)33)36-18-24-19-42(40-39-24)12-9-20-7-10-41(11-8-20)25-3-1-2-4-25/h5-6,13-15,17,19-20,25,36H,1-4,7-12,18H2,(H,37,38). The molecule has 1 aliphatic carbocycles. The molecule has 0 bridgehead atoms. The van der Waals surface area contributed by atoms with Gasteiger partial charge in [0.05, 0.1) is 39.6 Å². The molecular weight excluding hydrogens is 574 g/mol. The number of nitrogens with zero attached hydrogens (tertiary/aromatic N) is 6. The minimum Gasteiger partial charge on any atom is -0.379 e. The van der Waals surface area contributed by atoms with Crippen molar-refractivity contribution in [1.29, 1.82) is 5.26 Å².